The molecule has 0 aliphatic rings. The molecular formula is C12H10FNOS. The molecule has 1 aromatic heterocycles. The normalized spacial score (nSPS) is 10.1. The van der Waals surface area contributed by atoms with Gasteiger partial charge in [0.1, 0.15) is 5.82 Å². The molecule has 2 rings (SSSR count). The highest BCUT2D eigenvalue weighted by Crippen LogP contribution is 2.18. The fraction of sp³-hybridized carbons (Fsp3) is 0.0833. The summed E-state index contributed by atoms with van der Waals surface area (Å²) in [6.45, 7) is 1.92. The van der Waals surface area contributed by atoms with Crippen LogP contribution in [0, 0.1) is 12.7 Å². The lowest BCUT2D eigenvalue weighted by Gasteiger charge is -2.03. The van der Waals surface area contributed by atoms with Crippen molar-refractivity contribution in [3.05, 3.63) is 52.0 Å². The molecule has 2 nitrogen and oxygen atoms in total. The quantitative estimate of drug-likeness (QED) is 0.848. The third-order valence-corrected chi connectivity index (χ3v) is 3.09. The second kappa shape index (κ2) is 4.45. The van der Waals surface area contributed by atoms with E-state index in [9.17, 15) is 9.18 Å². The molecule has 0 unspecified atom stereocenters. The van der Waals surface area contributed by atoms with Crippen LogP contribution in [0.25, 0.3) is 0 Å². The first-order valence-corrected chi connectivity index (χ1v) is 5.61. The molecule has 0 radical (unpaired) electrons. The number of aryl methyl sites for hydroxylation is 1. The number of rotatable bonds is 2. The van der Waals surface area contributed by atoms with E-state index >= 15 is 0 Å². The SMILES string of the molecule is Cc1ccc(C(=O)Nc2ccccc2F)s1. The molecule has 0 aliphatic carbocycles. The van der Waals surface area contributed by atoms with Gasteiger partial charge in [-0.1, -0.05) is 12.1 Å². The summed E-state index contributed by atoms with van der Waals surface area (Å²) in [6, 6.07) is 9.71. The Hall–Kier alpha value is -1.68. The van der Waals surface area contributed by atoms with Gasteiger partial charge in [0, 0.05) is 4.88 Å². The number of hydrogen-bond acceptors (Lipinski definition) is 2. The highest BCUT2D eigenvalue weighted by molar-refractivity contribution is 7.14. The second-order valence-electron chi connectivity index (χ2n) is 3.34. The lowest BCUT2D eigenvalue weighted by molar-refractivity contribution is 0.103. The molecule has 0 atom stereocenters. The number of halogens is 1. The summed E-state index contributed by atoms with van der Waals surface area (Å²) < 4.78 is 13.3. The average molecular weight is 235 g/mol. The number of carbonyl (C=O) groups is 1. The fourth-order valence-corrected chi connectivity index (χ4v) is 2.07. The summed E-state index contributed by atoms with van der Waals surface area (Å²) in [5.74, 6) is -0.702. The smallest absolute Gasteiger partial charge is 0.265 e. The number of nitrogens with one attached hydrogen (secondary N) is 1. The topological polar surface area (TPSA) is 29.1 Å². The van der Waals surface area contributed by atoms with Crippen molar-refractivity contribution < 1.29 is 9.18 Å². The monoisotopic (exact) mass is 235 g/mol. The third-order valence-electron chi connectivity index (χ3n) is 2.09. The highest BCUT2D eigenvalue weighted by Gasteiger charge is 2.10. The number of anilines is 1. The Bertz CT molecular complexity index is 521. The van der Waals surface area contributed by atoms with E-state index in [1.54, 1.807) is 18.2 Å². The van der Waals surface area contributed by atoms with E-state index in [1.807, 2.05) is 13.0 Å². The summed E-state index contributed by atoms with van der Waals surface area (Å²) in [6.07, 6.45) is 0. The predicted molar refractivity (Wildman–Crippen MR) is 63.4 cm³/mol. The number of carbonyl (C=O) groups excluding carboxylic acids is 1. The highest BCUT2D eigenvalue weighted by atomic mass is 32.1. The minimum atomic E-state index is -0.427. The molecule has 82 valence electrons. The van der Waals surface area contributed by atoms with Crippen molar-refractivity contribution in [1.82, 2.24) is 0 Å². The van der Waals surface area contributed by atoms with E-state index in [1.165, 1.54) is 23.5 Å². The van der Waals surface area contributed by atoms with Crippen LogP contribution >= 0.6 is 11.3 Å². The van der Waals surface area contributed by atoms with Gasteiger partial charge < -0.3 is 5.32 Å². The van der Waals surface area contributed by atoms with Gasteiger partial charge in [0.15, 0.2) is 0 Å². The Morgan fingerprint density at radius 3 is 2.62 bits per heavy atom. The molecule has 0 aliphatic heterocycles. The molecule has 2 aromatic rings. The van der Waals surface area contributed by atoms with E-state index in [0.717, 1.165) is 4.88 Å². The molecule has 0 saturated heterocycles. The van der Waals surface area contributed by atoms with Crippen LogP contribution in [0.15, 0.2) is 36.4 Å². The van der Waals surface area contributed by atoms with Gasteiger partial charge in [-0.05, 0) is 31.2 Å². The molecule has 1 aromatic carbocycles. The van der Waals surface area contributed by atoms with Gasteiger partial charge in [-0.2, -0.15) is 0 Å². The first kappa shape index (κ1) is 10.8. The molecule has 0 fully saturated rings. The van der Waals surface area contributed by atoms with Crippen LogP contribution in [0.2, 0.25) is 0 Å². The zero-order valence-electron chi connectivity index (χ0n) is 8.66. The lowest BCUT2D eigenvalue weighted by atomic mass is 10.3. The number of benzene rings is 1. The van der Waals surface area contributed by atoms with Gasteiger partial charge in [0.25, 0.3) is 5.91 Å². The van der Waals surface area contributed by atoms with Gasteiger partial charge in [-0.3, -0.25) is 4.79 Å². The van der Waals surface area contributed by atoms with Gasteiger partial charge >= 0.3 is 0 Å². The minimum absolute atomic E-state index is 0.207. The summed E-state index contributed by atoms with van der Waals surface area (Å²) in [5.41, 5.74) is 0.207. The molecular weight excluding hydrogens is 225 g/mol. The predicted octanol–water partition coefficient (Wildman–Crippen LogP) is 3.45. The van der Waals surface area contributed by atoms with Crippen LogP contribution in [0.3, 0.4) is 0 Å². The van der Waals surface area contributed by atoms with Crippen LogP contribution in [0.1, 0.15) is 14.5 Å². The summed E-state index contributed by atoms with van der Waals surface area (Å²) in [7, 11) is 0. The molecule has 0 bridgehead atoms. The van der Waals surface area contributed by atoms with Crippen molar-refractivity contribution in [1.29, 1.82) is 0 Å². The zero-order valence-corrected chi connectivity index (χ0v) is 9.48. The Balaban J connectivity index is 2.17. The van der Waals surface area contributed by atoms with Crippen molar-refractivity contribution in [3.63, 3.8) is 0 Å². The van der Waals surface area contributed by atoms with Crippen molar-refractivity contribution >= 4 is 22.9 Å². The maximum atomic E-state index is 13.3. The molecule has 4 heteroatoms. The second-order valence-corrected chi connectivity index (χ2v) is 4.63. The Morgan fingerprint density at radius 2 is 2.00 bits per heavy atom. The Labute approximate surface area is 96.7 Å². The van der Waals surface area contributed by atoms with E-state index in [2.05, 4.69) is 5.32 Å². The molecule has 0 spiro atoms. The lowest BCUT2D eigenvalue weighted by Crippen LogP contribution is -2.11. The summed E-state index contributed by atoms with van der Waals surface area (Å²) in [5, 5.41) is 2.54. The third kappa shape index (κ3) is 2.28. The molecule has 0 saturated carbocycles. The summed E-state index contributed by atoms with van der Waals surface area (Å²) in [4.78, 5) is 13.4. The Kier molecular flexibility index (Phi) is 3.01. The van der Waals surface area contributed by atoms with Crippen molar-refractivity contribution in [2.24, 2.45) is 0 Å². The number of amides is 1. The first-order chi connectivity index (χ1) is 7.66. The number of thiophene rings is 1. The van der Waals surface area contributed by atoms with Crippen LogP contribution < -0.4 is 5.32 Å². The Morgan fingerprint density at radius 1 is 1.25 bits per heavy atom. The number of para-hydroxylation sites is 1. The molecule has 1 heterocycles. The van der Waals surface area contributed by atoms with Gasteiger partial charge in [0.05, 0.1) is 10.6 Å². The first-order valence-electron chi connectivity index (χ1n) is 4.79. The van der Waals surface area contributed by atoms with Crippen LogP contribution in [0.5, 0.6) is 0 Å². The van der Waals surface area contributed by atoms with E-state index in [0.29, 0.717) is 4.88 Å². The summed E-state index contributed by atoms with van der Waals surface area (Å²) >= 11 is 1.39. The van der Waals surface area contributed by atoms with Crippen LogP contribution in [-0.2, 0) is 0 Å². The van der Waals surface area contributed by atoms with Gasteiger partial charge in [-0.15, -0.1) is 11.3 Å². The van der Waals surface area contributed by atoms with Crippen molar-refractivity contribution in [2.45, 2.75) is 6.92 Å². The van der Waals surface area contributed by atoms with Crippen molar-refractivity contribution in [2.75, 3.05) is 5.32 Å². The minimum Gasteiger partial charge on any atom is -0.319 e. The van der Waals surface area contributed by atoms with E-state index in [4.69, 9.17) is 0 Å². The largest absolute Gasteiger partial charge is 0.319 e. The standard InChI is InChI=1S/C12H10FNOS/c1-8-6-7-11(16-8)12(15)14-10-5-3-2-4-9(10)13/h2-7H,1H3,(H,14,15). The van der Waals surface area contributed by atoms with Gasteiger partial charge in [0.2, 0.25) is 0 Å². The van der Waals surface area contributed by atoms with Crippen molar-refractivity contribution in [3.8, 4) is 0 Å². The van der Waals surface area contributed by atoms with Gasteiger partial charge in [-0.25, -0.2) is 4.39 Å². The number of hydrogen-bond donors (Lipinski definition) is 1. The molecule has 1 N–H and O–H groups in total. The molecule has 1 amide bonds. The van der Waals surface area contributed by atoms with Crippen LogP contribution in [0.4, 0.5) is 10.1 Å². The maximum absolute atomic E-state index is 13.3. The fourth-order valence-electron chi connectivity index (χ4n) is 1.30. The van der Waals surface area contributed by atoms with Crippen LogP contribution in [-0.4, -0.2) is 5.91 Å². The maximum Gasteiger partial charge on any atom is 0.265 e. The van der Waals surface area contributed by atoms with E-state index in [-0.39, 0.29) is 11.6 Å². The average Bonchev–Trinajstić information content (AvgIpc) is 2.68. The molecule has 16 heavy (non-hydrogen) atoms. The van der Waals surface area contributed by atoms with E-state index < -0.39 is 5.82 Å². The zero-order chi connectivity index (χ0) is 11.5.